The lowest BCUT2D eigenvalue weighted by molar-refractivity contribution is -0.137. The molecule has 0 aromatic rings. The minimum Gasteiger partial charge on any atom is -0.478 e. The first kappa shape index (κ1) is 9.24. The van der Waals surface area contributed by atoms with Gasteiger partial charge in [-0.15, -0.1) is 6.42 Å². The molecular formula is C7H6O4. The van der Waals surface area contributed by atoms with E-state index in [-0.39, 0.29) is 6.61 Å². The number of carboxylic acids is 1. The molecule has 0 radical (unpaired) electrons. The summed E-state index contributed by atoms with van der Waals surface area (Å²) in [5.74, 6) is 0.0971. The number of ether oxygens (including phenoxy) is 1. The van der Waals surface area contributed by atoms with Gasteiger partial charge >= 0.3 is 11.9 Å². The Morgan fingerprint density at radius 1 is 1.55 bits per heavy atom. The number of terminal acetylenes is 1. The maximum atomic E-state index is 10.4. The molecule has 58 valence electrons. The van der Waals surface area contributed by atoms with E-state index in [0.717, 1.165) is 6.08 Å². The molecule has 0 rings (SSSR count). The van der Waals surface area contributed by atoms with E-state index in [1.165, 1.54) is 0 Å². The summed E-state index contributed by atoms with van der Waals surface area (Å²) >= 11 is 0. The highest BCUT2D eigenvalue weighted by atomic mass is 16.5. The van der Waals surface area contributed by atoms with Gasteiger partial charge in [-0.3, -0.25) is 0 Å². The van der Waals surface area contributed by atoms with Crippen molar-refractivity contribution in [2.75, 3.05) is 6.61 Å². The first-order valence-corrected chi connectivity index (χ1v) is 2.68. The van der Waals surface area contributed by atoms with E-state index in [1.807, 2.05) is 0 Å². The fraction of sp³-hybridized carbons (Fsp3) is 0.143. The van der Waals surface area contributed by atoms with Crippen LogP contribution in [0.15, 0.2) is 12.2 Å². The summed E-state index contributed by atoms with van der Waals surface area (Å²) in [7, 11) is 0. The van der Waals surface area contributed by atoms with Crippen molar-refractivity contribution in [3.8, 4) is 12.3 Å². The van der Waals surface area contributed by atoms with Gasteiger partial charge in [0.15, 0.2) is 6.61 Å². The van der Waals surface area contributed by atoms with Gasteiger partial charge < -0.3 is 9.84 Å². The fourth-order valence-electron chi connectivity index (χ4n) is 0.300. The Labute approximate surface area is 63.5 Å². The summed E-state index contributed by atoms with van der Waals surface area (Å²) in [5.41, 5.74) is 0. The molecule has 0 aromatic heterocycles. The van der Waals surface area contributed by atoms with Crippen LogP contribution >= 0.6 is 0 Å². The van der Waals surface area contributed by atoms with Gasteiger partial charge in [-0.2, -0.15) is 0 Å². The minimum atomic E-state index is -1.21. The number of carboxylic acid groups (broad SMARTS) is 1. The van der Waals surface area contributed by atoms with Crippen LogP contribution < -0.4 is 0 Å². The molecule has 0 heterocycles. The number of carbonyl (C=O) groups is 2. The Bertz CT molecular complexity index is 221. The molecule has 11 heavy (non-hydrogen) atoms. The summed E-state index contributed by atoms with van der Waals surface area (Å²) < 4.78 is 4.32. The molecule has 0 aliphatic rings. The van der Waals surface area contributed by atoms with Crippen LogP contribution in [-0.4, -0.2) is 23.7 Å². The maximum Gasteiger partial charge on any atom is 0.331 e. The first-order chi connectivity index (χ1) is 5.16. The normalized spacial score (nSPS) is 9.00. The lowest BCUT2D eigenvalue weighted by Gasteiger charge is -1.91. The predicted octanol–water partition coefficient (Wildman–Crippen LogP) is -0.196. The van der Waals surface area contributed by atoms with Crippen molar-refractivity contribution in [2.24, 2.45) is 0 Å². The summed E-state index contributed by atoms with van der Waals surface area (Å²) in [4.78, 5) is 20.3. The second-order valence-corrected chi connectivity index (χ2v) is 1.48. The van der Waals surface area contributed by atoms with E-state index in [0.29, 0.717) is 6.08 Å². The largest absolute Gasteiger partial charge is 0.478 e. The average Bonchev–Trinajstić information content (AvgIpc) is 1.97. The van der Waals surface area contributed by atoms with Crippen LogP contribution in [0.5, 0.6) is 0 Å². The standard InChI is InChI=1S/C7H6O4/c1-2-5-11-7(10)4-3-6(8)9/h1,3-4H,5H2,(H,8,9)/b4-3+. The van der Waals surface area contributed by atoms with Crippen molar-refractivity contribution in [1.82, 2.24) is 0 Å². The van der Waals surface area contributed by atoms with Crippen LogP contribution in [0.25, 0.3) is 0 Å². The van der Waals surface area contributed by atoms with Crippen molar-refractivity contribution >= 4 is 11.9 Å². The van der Waals surface area contributed by atoms with Crippen molar-refractivity contribution in [1.29, 1.82) is 0 Å². The van der Waals surface area contributed by atoms with Crippen LogP contribution in [0.4, 0.5) is 0 Å². The summed E-state index contributed by atoms with van der Waals surface area (Å²) in [6, 6.07) is 0. The Morgan fingerprint density at radius 3 is 2.64 bits per heavy atom. The molecule has 0 atom stereocenters. The third-order valence-electron chi connectivity index (χ3n) is 0.660. The second-order valence-electron chi connectivity index (χ2n) is 1.48. The maximum absolute atomic E-state index is 10.4. The van der Waals surface area contributed by atoms with Crippen molar-refractivity contribution in [2.45, 2.75) is 0 Å². The number of hydrogen-bond donors (Lipinski definition) is 1. The van der Waals surface area contributed by atoms with E-state index in [1.54, 1.807) is 0 Å². The molecule has 0 fully saturated rings. The third-order valence-corrected chi connectivity index (χ3v) is 0.660. The molecule has 1 N–H and O–H groups in total. The van der Waals surface area contributed by atoms with Gasteiger partial charge in [0.25, 0.3) is 0 Å². The van der Waals surface area contributed by atoms with Gasteiger partial charge in [0.1, 0.15) is 0 Å². The smallest absolute Gasteiger partial charge is 0.331 e. The highest BCUT2D eigenvalue weighted by Crippen LogP contribution is 1.80. The van der Waals surface area contributed by atoms with E-state index < -0.39 is 11.9 Å². The molecule has 0 aliphatic carbocycles. The monoisotopic (exact) mass is 154 g/mol. The van der Waals surface area contributed by atoms with E-state index >= 15 is 0 Å². The van der Waals surface area contributed by atoms with Crippen LogP contribution in [0.3, 0.4) is 0 Å². The second kappa shape index (κ2) is 5.06. The summed E-state index contributed by atoms with van der Waals surface area (Å²) in [6.07, 6.45) is 6.24. The molecule has 0 saturated heterocycles. The van der Waals surface area contributed by atoms with Gasteiger partial charge in [-0.1, -0.05) is 5.92 Å². The Hall–Kier alpha value is -1.76. The topological polar surface area (TPSA) is 63.6 Å². The number of aliphatic carboxylic acids is 1. The Balaban J connectivity index is 3.71. The molecule has 4 nitrogen and oxygen atoms in total. The zero-order valence-electron chi connectivity index (χ0n) is 5.61. The minimum absolute atomic E-state index is 0.150. The first-order valence-electron chi connectivity index (χ1n) is 2.68. The van der Waals surface area contributed by atoms with Crippen LogP contribution in [-0.2, 0) is 14.3 Å². The predicted molar refractivity (Wildman–Crippen MR) is 36.6 cm³/mol. The SMILES string of the molecule is C#CCOC(=O)/C=C/C(=O)O. The van der Waals surface area contributed by atoms with Crippen LogP contribution in [0.1, 0.15) is 0 Å². The number of carbonyl (C=O) groups excluding carboxylic acids is 1. The van der Waals surface area contributed by atoms with Gasteiger partial charge in [0.05, 0.1) is 0 Å². The molecule has 4 heteroatoms. The summed E-state index contributed by atoms with van der Waals surface area (Å²) in [5, 5.41) is 8.05. The van der Waals surface area contributed by atoms with Crippen molar-refractivity contribution < 1.29 is 19.4 Å². The lowest BCUT2D eigenvalue weighted by atomic mass is 10.5. The van der Waals surface area contributed by atoms with E-state index in [4.69, 9.17) is 11.5 Å². The molecular weight excluding hydrogens is 148 g/mol. The summed E-state index contributed by atoms with van der Waals surface area (Å²) in [6.45, 7) is -0.150. The Morgan fingerprint density at radius 2 is 2.18 bits per heavy atom. The van der Waals surface area contributed by atoms with E-state index in [2.05, 4.69) is 10.7 Å². The van der Waals surface area contributed by atoms with Crippen LogP contribution in [0.2, 0.25) is 0 Å². The Kier molecular flexibility index (Phi) is 4.25. The quantitative estimate of drug-likeness (QED) is 0.347. The van der Waals surface area contributed by atoms with Crippen molar-refractivity contribution in [3.63, 3.8) is 0 Å². The molecule has 0 unspecified atom stereocenters. The van der Waals surface area contributed by atoms with Crippen molar-refractivity contribution in [3.05, 3.63) is 12.2 Å². The molecule has 0 amide bonds. The highest BCUT2D eigenvalue weighted by molar-refractivity contribution is 5.90. The fourth-order valence-corrected chi connectivity index (χ4v) is 0.300. The molecule has 0 spiro atoms. The third kappa shape index (κ3) is 6.12. The number of rotatable bonds is 3. The zero-order valence-corrected chi connectivity index (χ0v) is 5.61. The van der Waals surface area contributed by atoms with Gasteiger partial charge in [-0.25, -0.2) is 9.59 Å². The molecule has 0 aromatic carbocycles. The lowest BCUT2D eigenvalue weighted by Crippen LogP contribution is -2.01. The molecule has 0 aliphatic heterocycles. The van der Waals surface area contributed by atoms with Gasteiger partial charge in [0.2, 0.25) is 0 Å². The van der Waals surface area contributed by atoms with E-state index in [9.17, 15) is 9.59 Å². The average molecular weight is 154 g/mol. The number of hydrogen-bond acceptors (Lipinski definition) is 3. The molecule has 0 saturated carbocycles. The van der Waals surface area contributed by atoms with Gasteiger partial charge in [0, 0.05) is 12.2 Å². The molecule has 0 bridgehead atoms. The zero-order chi connectivity index (χ0) is 8.69. The highest BCUT2D eigenvalue weighted by Gasteiger charge is 1.94. The number of esters is 1. The van der Waals surface area contributed by atoms with Crippen LogP contribution in [0, 0.1) is 12.3 Å². The van der Waals surface area contributed by atoms with Gasteiger partial charge in [-0.05, 0) is 0 Å².